The van der Waals surface area contributed by atoms with Gasteiger partial charge in [-0.1, -0.05) is 54.1 Å². The second-order valence-corrected chi connectivity index (χ2v) is 6.79. The van der Waals surface area contributed by atoms with Crippen LogP contribution in [0, 0.1) is 0 Å². The van der Waals surface area contributed by atoms with Crippen LogP contribution >= 0.6 is 24.0 Å². The van der Waals surface area contributed by atoms with Gasteiger partial charge in [0.05, 0.1) is 23.0 Å². The van der Waals surface area contributed by atoms with Crippen LogP contribution < -0.4 is 16.0 Å². The van der Waals surface area contributed by atoms with Gasteiger partial charge in [0.25, 0.3) is 5.91 Å². The van der Waals surface area contributed by atoms with Crippen LogP contribution in [-0.2, 0) is 4.79 Å². The molecule has 1 saturated heterocycles. The minimum Gasteiger partial charge on any atom is -0.352 e. The van der Waals surface area contributed by atoms with E-state index in [0.717, 1.165) is 25.1 Å². The van der Waals surface area contributed by atoms with E-state index in [2.05, 4.69) is 16.0 Å². The van der Waals surface area contributed by atoms with Gasteiger partial charge in [-0.3, -0.25) is 9.59 Å². The molecule has 7 heteroatoms. The predicted molar refractivity (Wildman–Crippen MR) is 109 cm³/mol. The first-order chi connectivity index (χ1) is 12.6. The molecule has 1 heterocycles. The van der Waals surface area contributed by atoms with Crippen LogP contribution in [0.4, 0.5) is 0 Å². The summed E-state index contributed by atoms with van der Waals surface area (Å²) in [6.07, 6.45) is 1.10. The van der Waals surface area contributed by atoms with E-state index in [1.54, 1.807) is 24.3 Å². The molecule has 0 spiro atoms. The Bertz CT molecular complexity index is 765. The SMILES string of the molecule is Cl.O=C(CC(NC(=O)c1ccccc1Cl)c1ccccc1)NC1CCNC1. The maximum absolute atomic E-state index is 12.6. The predicted octanol–water partition coefficient (Wildman–Crippen LogP) is 3.10. The standard InChI is InChI=1S/C20H22ClN3O2.ClH/c21-17-9-5-4-8-16(17)20(26)24-18(14-6-2-1-3-7-14)12-19(25)23-15-10-11-22-13-15;/h1-9,15,18,22H,10-13H2,(H,23,25)(H,24,26);1H. The third kappa shape index (κ3) is 5.96. The van der Waals surface area contributed by atoms with Crippen molar-refractivity contribution in [3.63, 3.8) is 0 Å². The van der Waals surface area contributed by atoms with Crippen LogP contribution in [0.3, 0.4) is 0 Å². The fourth-order valence-corrected chi connectivity index (χ4v) is 3.29. The van der Waals surface area contributed by atoms with Gasteiger partial charge in [-0.2, -0.15) is 0 Å². The average Bonchev–Trinajstić information content (AvgIpc) is 3.15. The summed E-state index contributed by atoms with van der Waals surface area (Å²) >= 11 is 6.12. The molecule has 1 aliphatic heterocycles. The molecule has 3 rings (SSSR count). The van der Waals surface area contributed by atoms with Crippen LogP contribution in [0.15, 0.2) is 54.6 Å². The van der Waals surface area contributed by atoms with Crippen molar-refractivity contribution in [3.8, 4) is 0 Å². The number of hydrogen-bond acceptors (Lipinski definition) is 3. The van der Waals surface area contributed by atoms with E-state index in [-0.39, 0.29) is 36.7 Å². The summed E-state index contributed by atoms with van der Waals surface area (Å²) in [5.41, 5.74) is 1.28. The monoisotopic (exact) mass is 407 g/mol. The van der Waals surface area contributed by atoms with Crippen molar-refractivity contribution in [1.29, 1.82) is 0 Å². The molecule has 0 radical (unpaired) electrons. The Morgan fingerprint density at radius 3 is 2.48 bits per heavy atom. The molecule has 144 valence electrons. The second-order valence-electron chi connectivity index (χ2n) is 6.38. The van der Waals surface area contributed by atoms with Crippen molar-refractivity contribution in [3.05, 3.63) is 70.7 Å². The molecule has 0 bridgehead atoms. The van der Waals surface area contributed by atoms with Gasteiger partial charge in [0, 0.05) is 12.6 Å². The number of amides is 2. The highest BCUT2D eigenvalue weighted by molar-refractivity contribution is 6.33. The Morgan fingerprint density at radius 1 is 1.11 bits per heavy atom. The summed E-state index contributed by atoms with van der Waals surface area (Å²) in [6.45, 7) is 1.70. The van der Waals surface area contributed by atoms with E-state index in [1.807, 2.05) is 30.3 Å². The third-order valence-electron chi connectivity index (χ3n) is 4.44. The Hall–Kier alpha value is -2.08. The average molecular weight is 408 g/mol. The topological polar surface area (TPSA) is 70.2 Å². The molecule has 2 amide bonds. The van der Waals surface area contributed by atoms with Crippen LogP contribution in [0.2, 0.25) is 5.02 Å². The lowest BCUT2D eigenvalue weighted by Gasteiger charge is -2.20. The third-order valence-corrected chi connectivity index (χ3v) is 4.77. The highest BCUT2D eigenvalue weighted by atomic mass is 35.5. The number of carbonyl (C=O) groups excluding carboxylic acids is 2. The van der Waals surface area contributed by atoms with Crippen molar-refractivity contribution in [2.24, 2.45) is 0 Å². The molecule has 0 saturated carbocycles. The Labute approximate surface area is 170 Å². The lowest BCUT2D eigenvalue weighted by atomic mass is 10.0. The highest BCUT2D eigenvalue weighted by Crippen LogP contribution is 2.20. The number of benzene rings is 2. The molecule has 3 N–H and O–H groups in total. The van der Waals surface area contributed by atoms with E-state index in [1.165, 1.54) is 0 Å². The summed E-state index contributed by atoms with van der Waals surface area (Å²) in [7, 11) is 0. The van der Waals surface area contributed by atoms with Gasteiger partial charge in [-0.05, 0) is 30.7 Å². The molecule has 0 aromatic heterocycles. The first-order valence-electron chi connectivity index (χ1n) is 8.74. The van der Waals surface area contributed by atoms with Gasteiger partial charge in [-0.25, -0.2) is 0 Å². The minimum atomic E-state index is -0.422. The number of rotatable bonds is 6. The van der Waals surface area contributed by atoms with Gasteiger partial charge in [0.2, 0.25) is 5.91 Å². The summed E-state index contributed by atoms with van der Waals surface area (Å²) in [5.74, 6) is -0.369. The van der Waals surface area contributed by atoms with Gasteiger partial charge in [0.1, 0.15) is 0 Å². The van der Waals surface area contributed by atoms with E-state index in [0.29, 0.717) is 10.6 Å². The maximum atomic E-state index is 12.6. The number of hydrogen-bond donors (Lipinski definition) is 3. The van der Waals surface area contributed by atoms with E-state index < -0.39 is 6.04 Å². The van der Waals surface area contributed by atoms with Gasteiger partial charge in [0.15, 0.2) is 0 Å². The van der Waals surface area contributed by atoms with Crippen molar-refractivity contribution >= 4 is 35.8 Å². The minimum absolute atomic E-state index is 0. The normalized spacial score (nSPS) is 16.9. The largest absolute Gasteiger partial charge is 0.352 e. The van der Waals surface area contributed by atoms with Crippen molar-refractivity contribution < 1.29 is 9.59 Å². The number of carbonyl (C=O) groups is 2. The second kappa shape index (κ2) is 10.3. The van der Waals surface area contributed by atoms with E-state index >= 15 is 0 Å². The molecular weight excluding hydrogens is 385 g/mol. The molecule has 2 unspecified atom stereocenters. The van der Waals surface area contributed by atoms with Gasteiger partial charge >= 0.3 is 0 Å². The lowest BCUT2D eigenvalue weighted by Crippen LogP contribution is -2.39. The van der Waals surface area contributed by atoms with Crippen LogP contribution in [0.1, 0.15) is 34.8 Å². The van der Waals surface area contributed by atoms with E-state index in [9.17, 15) is 9.59 Å². The summed E-state index contributed by atoms with van der Waals surface area (Å²) in [5, 5.41) is 9.58. The Morgan fingerprint density at radius 2 is 1.81 bits per heavy atom. The molecular formula is C20H23Cl2N3O2. The molecule has 1 aliphatic rings. The number of nitrogens with one attached hydrogen (secondary N) is 3. The van der Waals surface area contributed by atoms with Gasteiger partial charge in [-0.15, -0.1) is 12.4 Å². The summed E-state index contributed by atoms with van der Waals surface area (Å²) in [6, 6.07) is 16.1. The van der Waals surface area contributed by atoms with Crippen molar-refractivity contribution in [2.45, 2.75) is 24.9 Å². The molecule has 0 aliphatic carbocycles. The molecule has 2 atom stereocenters. The fourth-order valence-electron chi connectivity index (χ4n) is 3.07. The summed E-state index contributed by atoms with van der Waals surface area (Å²) in [4.78, 5) is 25.1. The first-order valence-corrected chi connectivity index (χ1v) is 9.11. The summed E-state index contributed by atoms with van der Waals surface area (Å²) < 4.78 is 0. The van der Waals surface area contributed by atoms with Crippen LogP contribution in [-0.4, -0.2) is 30.9 Å². The molecule has 27 heavy (non-hydrogen) atoms. The molecule has 5 nitrogen and oxygen atoms in total. The Kier molecular flexibility index (Phi) is 8.10. The maximum Gasteiger partial charge on any atom is 0.253 e. The van der Waals surface area contributed by atoms with E-state index in [4.69, 9.17) is 11.6 Å². The highest BCUT2D eigenvalue weighted by Gasteiger charge is 2.23. The smallest absolute Gasteiger partial charge is 0.253 e. The van der Waals surface area contributed by atoms with Crippen LogP contribution in [0.25, 0.3) is 0 Å². The Balaban J connectivity index is 0.00000261. The van der Waals surface area contributed by atoms with Gasteiger partial charge < -0.3 is 16.0 Å². The first kappa shape index (κ1) is 21.2. The lowest BCUT2D eigenvalue weighted by molar-refractivity contribution is -0.122. The van der Waals surface area contributed by atoms with Crippen molar-refractivity contribution in [2.75, 3.05) is 13.1 Å². The zero-order valence-electron chi connectivity index (χ0n) is 14.8. The van der Waals surface area contributed by atoms with Crippen molar-refractivity contribution in [1.82, 2.24) is 16.0 Å². The van der Waals surface area contributed by atoms with Crippen LogP contribution in [0.5, 0.6) is 0 Å². The molecule has 2 aromatic carbocycles. The molecule has 2 aromatic rings. The zero-order valence-corrected chi connectivity index (χ0v) is 16.4. The quantitative estimate of drug-likeness (QED) is 0.688. The fraction of sp³-hybridized carbons (Fsp3) is 0.300. The zero-order chi connectivity index (χ0) is 18.4. The molecule has 1 fully saturated rings. The number of halogens is 2.